The molecule has 7 nitrogen and oxygen atoms in total. The van der Waals surface area contributed by atoms with Gasteiger partial charge in [0.05, 0.1) is 11.0 Å². The van der Waals surface area contributed by atoms with Crippen LogP contribution in [0.2, 0.25) is 0 Å². The molecule has 1 heterocycles. The average Bonchev–Trinajstić information content (AvgIpc) is 2.93. The molecule has 0 saturated heterocycles. The van der Waals surface area contributed by atoms with Crippen LogP contribution in [0.15, 0.2) is 10.6 Å². The fourth-order valence-corrected chi connectivity index (χ4v) is 2.59. The van der Waals surface area contributed by atoms with E-state index in [0.29, 0.717) is 18.1 Å². The van der Waals surface area contributed by atoms with Gasteiger partial charge in [0.2, 0.25) is 11.8 Å². The number of hydrogen-bond acceptors (Lipinski definition) is 6. The third kappa shape index (κ3) is 7.51. The molecule has 0 aliphatic heterocycles. The Labute approximate surface area is 141 Å². The Bertz CT molecular complexity index is 507. The van der Waals surface area contributed by atoms with Gasteiger partial charge in [-0.15, -0.1) is 11.8 Å². The lowest BCUT2D eigenvalue weighted by atomic mass is 10.1. The standard InChI is InChI=1S/C15H26N4O3S/c1-4-5-6-12(8-16)17-14(20)9-23-11(3)15(21)18-13-7-10(2)22-19-13/h7,11-12H,4-6,8-9,16H2,1-3H3,(H,17,20)(H,18,19,21). The SMILES string of the molecule is CCCCC(CN)NC(=O)CSC(C)C(=O)Nc1cc(C)on1. The topological polar surface area (TPSA) is 110 Å². The number of unbranched alkanes of at least 4 members (excludes halogenated alkanes) is 1. The fourth-order valence-electron chi connectivity index (χ4n) is 1.90. The van der Waals surface area contributed by atoms with Crippen molar-refractivity contribution in [3.05, 3.63) is 11.8 Å². The minimum Gasteiger partial charge on any atom is -0.360 e. The van der Waals surface area contributed by atoms with E-state index in [-0.39, 0.29) is 28.9 Å². The lowest BCUT2D eigenvalue weighted by molar-refractivity contribution is -0.119. The highest BCUT2D eigenvalue weighted by Crippen LogP contribution is 2.14. The zero-order chi connectivity index (χ0) is 17.2. The number of hydrogen-bond donors (Lipinski definition) is 3. The van der Waals surface area contributed by atoms with Gasteiger partial charge < -0.3 is 20.9 Å². The van der Waals surface area contributed by atoms with Crippen molar-refractivity contribution < 1.29 is 14.1 Å². The van der Waals surface area contributed by atoms with Gasteiger partial charge in [-0.1, -0.05) is 24.9 Å². The molecular formula is C15H26N4O3S. The van der Waals surface area contributed by atoms with Crippen LogP contribution in [0.1, 0.15) is 38.9 Å². The zero-order valence-electron chi connectivity index (χ0n) is 13.9. The van der Waals surface area contributed by atoms with Crippen LogP contribution < -0.4 is 16.4 Å². The van der Waals surface area contributed by atoms with E-state index in [9.17, 15) is 9.59 Å². The number of aromatic nitrogens is 1. The van der Waals surface area contributed by atoms with Gasteiger partial charge in [-0.3, -0.25) is 9.59 Å². The monoisotopic (exact) mass is 342 g/mol. The molecule has 1 aromatic rings. The van der Waals surface area contributed by atoms with Gasteiger partial charge in [-0.25, -0.2) is 0 Å². The average molecular weight is 342 g/mol. The first-order valence-electron chi connectivity index (χ1n) is 7.81. The molecule has 2 amide bonds. The molecule has 1 rings (SSSR count). The van der Waals surface area contributed by atoms with Crippen LogP contribution in [-0.2, 0) is 9.59 Å². The number of carbonyl (C=O) groups is 2. The third-order valence-electron chi connectivity index (χ3n) is 3.27. The highest BCUT2D eigenvalue weighted by atomic mass is 32.2. The molecule has 4 N–H and O–H groups in total. The van der Waals surface area contributed by atoms with Crippen molar-refractivity contribution in [3.63, 3.8) is 0 Å². The van der Waals surface area contributed by atoms with Crippen LogP contribution in [0.5, 0.6) is 0 Å². The van der Waals surface area contributed by atoms with Gasteiger partial charge in [0.1, 0.15) is 5.76 Å². The fraction of sp³-hybridized carbons (Fsp3) is 0.667. The molecule has 130 valence electrons. The lowest BCUT2D eigenvalue weighted by Crippen LogP contribution is -2.41. The van der Waals surface area contributed by atoms with Crippen molar-refractivity contribution >= 4 is 29.4 Å². The summed E-state index contributed by atoms with van der Waals surface area (Å²) < 4.78 is 4.88. The molecule has 0 aliphatic carbocycles. The first-order valence-corrected chi connectivity index (χ1v) is 8.86. The number of thioether (sulfide) groups is 1. The molecule has 0 fully saturated rings. The first kappa shape index (κ1) is 19.5. The van der Waals surface area contributed by atoms with Gasteiger partial charge in [0, 0.05) is 18.7 Å². The summed E-state index contributed by atoms with van der Waals surface area (Å²) in [4.78, 5) is 23.9. The highest BCUT2D eigenvalue weighted by molar-refractivity contribution is 8.01. The van der Waals surface area contributed by atoms with Gasteiger partial charge in [-0.2, -0.15) is 0 Å². The zero-order valence-corrected chi connectivity index (χ0v) is 14.7. The summed E-state index contributed by atoms with van der Waals surface area (Å²) in [6.45, 7) is 6.02. The van der Waals surface area contributed by atoms with Crippen LogP contribution in [0.4, 0.5) is 5.82 Å². The third-order valence-corrected chi connectivity index (χ3v) is 4.41. The summed E-state index contributed by atoms with van der Waals surface area (Å²) in [7, 11) is 0. The quantitative estimate of drug-likeness (QED) is 0.597. The predicted molar refractivity (Wildman–Crippen MR) is 92.3 cm³/mol. The van der Waals surface area contributed by atoms with E-state index in [1.54, 1.807) is 19.9 Å². The van der Waals surface area contributed by atoms with E-state index in [1.807, 2.05) is 0 Å². The highest BCUT2D eigenvalue weighted by Gasteiger charge is 2.18. The van der Waals surface area contributed by atoms with Gasteiger partial charge in [0.15, 0.2) is 5.82 Å². The Kier molecular flexibility index (Phi) is 8.71. The number of carbonyl (C=O) groups excluding carboxylic acids is 2. The van der Waals surface area contributed by atoms with E-state index < -0.39 is 0 Å². The minimum absolute atomic E-state index is 0.00490. The maximum Gasteiger partial charge on any atom is 0.238 e. The lowest BCUT2D eigenvalue weighted by Gasteiger charge is -2.17. The van der Waals surface area contributed by atoms with Crippen molar-refractivity contribution in [2.45, 2.75) is 51.3 Å². The predicted octanol–water partition coefficient (Wildman–Crippen LogP) is 1.68. The molecule has 0 aliphatic rings. The summed E-state index contributed by atoms with van der Waals surface area (Å²) in [5, 5.41) is 8.89. The molecule has 0 radical (unpaired) electrons. The first-order chi connectivity index (χ1) is 11.0. The molecule has 23 heavy (non-hydrogen) atoms. The van der Waals surface area contributed by atoms with E-state index in [2.05, 4.69) is 22.7 Å². The summed E-state index contributed by atoms with van der Waals surface area (Å²) in [5.74, 6) is 0.915. The minimum atomic E-state index is -0.371. The van der Waals surface area contributed by atoms with Gasteiger partial charge in [0.25, 0.3) is 0 Å². The van der Waals surface area contributed by atoms with E-state index in [4.69, 9.17) is 10.3 Å². The Morgan fingerprint density at radius 2 is 2.22 bits per heavy atom. The Morgan fingerprint density at radius 1 is 1.48 bits per heavy atom. The molecule has 2 atom stereocenters. The van der Waals surface area contributed by atoms with Crippen molar-refractivity contribution in [1.82, 2.24) is 10.5 Å². The maximum atomic E-state index is 12.0. The van der Waals surface area contributed by atoms with Crippen molar-refractivity contribution in [1.29, 1.82) is 0 Å². The van der Waals surface area contributed by atoms with Crippen molar-refractivity contribution in [2.75, 3.05) is 17.6 Å². The molecule has 8 heteroatoms. The molecule has 0 aromatic carbocycles. The van der Waals surface area contributed by atoms with Crippen LogP contribution in [-0.4, -0.2) is 40.6 Å². The molecule has 0 spiro atoms. The largest absolute Gasteiger partial charge is 0.360 e. The summed E-state index contributed by atoms with van der Waals surface area (Å²) >= 11 is 1.27. The summed E-state index contributed by atoms with van der Waals surface area (Å²) in [5.41, 5.74) is 5.65. The maximum absolute atomic E-state index is 12.0. The summed E-state index contributed by atoms with van der Waals surface area (Å²) in [6, 6.07) is 1.65. The van der Waals surface area contributed by atoms with Crippen molar-refractivity contribution in [2.24, 2.45) is 5.73 Å². The van der Waals surface area contributed by atoms with Gasteiger partial charge in [-0.05, 0) is 20.3 Å². The molecular weight excluding hydrogens is 316 g/mol. The molecule has 1 aromatic heterocycles. The van der Waals surface area contributed by atoms with Gasteiger partial charge >= 0.3 is 0 Å². The van der Waals surface area contributed by atoms with E-state index >= 15 is 0 Å². The normalized spacial score (nSPS) is 13.4. The number of nitrogens with one attached hydrogen (secondary N) is 2. The number of aryl methyl sites for hydroxylation is 1. The van der Waals surface area contributed by atoms with Crippen LogP contribution in [0.25, 0.3) is 0 Å². The Balaban J connectivity index is 2.32. The van der Waals surface area contributed by atoms with E-state index in [1.165, 1.54) is 11.8 Å². The number of amides is 2. The van der Waals surface area contributed by atoms with Crippen LogP contribution in [0, 0.1) is 6.92 Å². The number of anilines is 1. The van der Waals surface area contributed by atoms with Crippen molar-refractivity contribution in [3.8, 4) is 0 Å². The second-order valence-corrected chi connectivity index (χ2v) is 6.74. The summed E-state index contributed by atoms with van der Waals surface area (Å²) in [6.07, 6.45) is 2.98. The molecule has 2 unspecified atom stereocenters. The molecule has 0 saturated carbocycles. The Hall–Kier alpha value is -1.54. The molecule has 0 bridgehead atoms. The Morgan fingerprint density at radius 3 is 2.78 bits per heavy atom. The smallest absolute Gasteiger partial charge is 0.238 e. The van der Waals surface area contributed by atoms with Crippen LogP contribution in [0.3, 0.4) is 0 Å². The van der Waals surface area contributed by atoms with Crippen LogP contribution >= 0.6 is 11.8 Å². The number of nitrogens with zero attached hydrogens (tertiary/aromatic N) is 1. The number of rotatable bonds is 10. The number of nitrogens with two attached hydrogens (primary N) is 1. The van der Waals surface area contributed by atoms with E-state index in [0.717, 1.165) is 19.3 Å². The second kappa shape index (κ2) is 10.3. The second-order valence-electron chi connectivity index (χ2n) is 5.41.